The van der Waals surface area contributed by atoms with Crippen molar-refractivity contribution < 1.29 is 0 Å². The second-order valence-corrected chi connectivity index (χ2v) is 2.61. The maximum atomic E-state index is 5.25. The predicted molar refractivity (Wildman–Crippen MR) is 46.6 cm³/mol. The first kappa shape index (κ1) is 8.16. The van der Waals surface area contributed by atoms with E-state index in [1.165, 1.54) is 17.9 Å². The fourth-order valence-corrected chi connectivity index (χ4v) is 1.01. The molecule has 0 aliphatic carbocycles. The Morgan fingerprint density at radius 3 is 3.18 bits per heavy atom. The number of nitrogens with zero attached hydrogens (tertiary/aromatic N) is 2. The molecule has 0 bridgehead atoms. The molecule has 0 aliphatic heterocycles. The topological polar surface area (TPSA) is 63.8 Å². The van der Waals surface area contributed by atoms with E-state index in [0.717, 1.165) is 11.7 Å². The molecule has 0 atom stereocenters. The molecule has 1 heterocycles. The number of nitrogens with one attached hydrogen (secondary N) is 1. The molecule has 0 amide bonds. The first-order valence-electron chi connectivity index (χ1n) is 3.29. The highest BCUT2D eigenvalue weighted by atomic mass is 32.1. The lowest BCUT2D eigenvalue weighted by Crippen LogP contribution is -1.99. The molecule has 60 valence electrons. The Bertz CT molecular complexity index is 206. The standard InChI is InChI=1S/C6H10N4S/c7-3-1-2-4-8-6-9-5-10-11-6/h1-2,5H,3-4,7H2,(H,8,9,10)/b2-1+. The summed E-state index contributed by atoms with van der Waals surface area (Å²) in [4.78, 5) is 3.95. The molecule has 4 nitrogen and oxygen atoms in total. The van der Waals surface area contributed by atoms with Crippen LogP contribution in [0.15, 0.2) is 18.5 Å². The van der Waals surface area contributed by atoms with Crippen molar-refractivity contribution in [2.45, 2.75) is 0 Å². The van der Waals surface area contributed by atoms with Crippen molar-refractivity contribution in [1.82, 2.24) is 9.36 Å². The number of anilines is 1. The van der Waals surface area contributed by atoms with Gasteiger partial charge in [0.05, 0.1) is 0 Å². The Kier molecular flexibility index (Phi) is 3.57. The third-order valence-corrected chi connectivity index (χ3v) is 1.66. The van der Waals surface area contributed by atoms with E-state index >= 15 is 0 Å². The van der Waals surface area contributed by atoms with Crippen molar-refractivity contribution in [1.29, 1.82) is 0 Å². The smallest absolute Gasteiger partial charge is 0.202 e. The van der Waals surface area contributed by atoms with Gasteiger partial charge in [0.15, 0.2) is 0 Å². The van der Waals surface area contributed by atoms with Crippen molar-refractivity contribution in [2.75, 3.05) is 18.4 Å². The maximum absolute atomic E-state index is 5.25. The average molecular weight is 170 g/mol. The molecule has 0 radical (unpaired) electrons. The van der Waals surface area contributed by atoms with Gasteiger partial charge in [-0.05, 0) is 0 Å². The van der Waals surface area contributed by atoms with E-state index in [1.807, 2.05) is 12.2 Å². The van der Waals surface area contributed by atoms with E-state index in [0.29, 0.717) is 6.54 Å². The minimum absolute atomic E-state index is 0.581. The van der Waals surface area contributed by atoms with Crippen molar-refractivity contribution in [3.63, 3.8) is 0 Å². The van der Waals surface area contributed by atoms with E-state index < -0.39 is 0 Å². The van der Waals surface area contributed by atoms with Crippen LogP contribution in [0.2, 0.25) is 0 Å². The highest BCUT2D eigenvalue weighted by Gasteiger charge is 1.89. The van der Waals surface area contributed by atoms with Gasteiger partial charge in [0.1, 0.15) is 6.33 Å². The van der Waals surface area contributed by atoms with E-state index in [1.54, 1.807) is 0 Å². The third kappa shape index (κ3) is 3.10. The molecule has 3 N–H and O–H groups in total. The molecule has 0 spiro atoms. The van der Waals surface area contributed by atoms with Gasteiger partial charge in [-0.25, -0.2) is 4.98 Å². The molecule has 1 aromatic heterocycles. The van der Waals surface area contributed by atoms with Crippen molar-refractivity contribution in [2.24, 2.45) is 5.73 Å². The van der Waals surface area contributed by atoms with Gasteiger partial charge >= 0.3 is 0 Å². The molecule has 0 aliphatic rings. The quantitative estimate of drug-likeness (QED) is 0.644. The van der Waals surface area contributed by atoms with E-state index in [2.05, 4.69) is 14.7 Å². The Morgan fingerprint density at radius 2 is 2.55 bits per heavy atom. The van der Waals surface area contributed by atoms with Crippen LogP contribution < -0.4 is 11.1 Å². The minimum Gasteiger partial charge on any atom is -0.357 e. The van der Waals surface area contributed by atoms with E-state index in [-0.39, 0.29) is 0 Å². The summed E-state index contributed by atoms with van der Waals surface area (Å²) in [6.07, 6.45) is 5.38. The number of hydrogen-bond donors (Lipinski definition) is 2. The second kappa shape index (κ2) is 4.81. The first-order chi connectivity index (χ1) is 5.43. The maximum Gasteiger partial charge on any atom is 0.202 e. The second-order valence-electron chi connectivity index (χ2n) is 1.83. The molecule has 11 heavy (non-hydrogen) atoms. The molecule has 0 saturated heterocycles. The highest BCUT2D eigenvalue weighted by Crippen LogP contribution is 2.04. The predicted octanol–water partition coefficient (Wildman–Crippen LogP) is 0.465. The summed E-state index contributed by atoms with van der Waals surface area (Å²) in [5.74, 6) is 0. The summed E-state index contributed by atoms with van der Waals surface area (Å²) in [6.45, 7) is 1.34. The van der Waals surface area contributed by atoms with Gasteiger partial charge in [-0.15, -0.1) is 0 Å². The molecule has 1 rings (SSSR count). The van der Waals surface area contributed by atoms with Crippen LogP contribution >= 0.6 is 11.5 Å². The summed E-state index contributed by atoms with van der Waals surface area (Å²) < 4.78 is 3.84. The zero-order valence-electron chi connectivity index (χ0n) is 6.03. The number of aromatic nitrogens is 2. The fourth-order valence-electron chi connectivity index (χ4n) is 0.577. The molecule has 1 aromatic rings. The summed E-state index contributed by atoms with van der Waals surface area (Å²) in [7, 11) is 0. The van der Waals surface area contributed by atoms with Gasteiger partial charge in [-0.1, -0.05) is 12.2 Å². The lowest BCUT2D eigenvalue weighted by molar-refractivity contribution is 1.21. The molecular formula is C6H10N4S. The van der Waals surface area contributed by atoms with Crippen LogP contribution in [0.5, 0.6) is 0 Å². The van der Waals surface area contributed by atoms with Crippen molar-refractivity contribution in [3.05, 3.63) is 18.5 Å². The molecule has 0 unspecified atom stereocenters. The lowest BCUT2D eigenvalue weighted by Gasteiger charge is -1.93. The summed E-state index contributed by atoms with van der Waals surface area (Å²) in [5.41, 5.74) is 5.25. The molecule has 5 heteroatoms. The average Bonchev–Trinajstić information content (AvgIpc) is 2.50. The SMILES string of the molecule is NC/C=C/CNc1ncns1. The molecule has 0 aromatic carbocycles. The Labute approximate surface area is 69.3 Å². The minimum atomic E-state index is 0.581. The molecule has 0 fully saturated rings. The normalized spacial score (nSPS) is 10.6. The van der Waals surface area contributed by atoms with Crippen LogP contribution in [0, 0.1) is 0 Å². The van der Waals surface area contributed by atoms with Crippen LogP contribution in [-0.4, -0.2) is 22.4 Å². The molecular weight excluding hydrogens is 160 g/mol. The largest absolute Gasteiger partial charge is 0.357 e. The number of nitrogens with two attached hydrogens (primary N) is 1. The van der Waals surface area contributed by atoms with Crippen molar-refractivity contribution >= 4 is 16.7 Å². The lowest BCUT2D eigenvalue weighted by atomic mass is 10.5. The van der Waals surface area contributed by atoms with E-state index in [4.69, 9.17) is 5.73 Å². The van der Waals surface area contributed by atoms with Crippen LogP contribution in [0.4, 0.5) is 5.13 Å². The number of hydrogen-bond acceptors (Lipinski definition) is 5. The third-order valence-electron chi connectivity index (χ3n) is 1.04. The van der Waals surface area contributed by atoms with Gasteiger partial charge in [-0.3, -0.25) is 0 Å². The van der Waals surface area contributed by atoms with Gasteiger partial charge in [0.25, 0.3) is 0 Å². The first-order valence-corrected chi connectivity index (χ1v) is 4.06. The Hall–Kier alpha value is -0.940. The fraction of sp³-hybridized carbons (Fsp3) is 0.333. The molecule has 0 saturated carbocycles. The van der Waals surface area contributed by atoms with Crippen LogP contribution in [0.3, 0.4) is 0 Å². The Balaban J connectivity index is 2.19. The van der Waals surface area contributed by atoms with Gasteiger partial charge in [-0.2, -0.15) is 4.37 Å². The van der Waals surface area contributed by atoms with Crippen LogP contribution in [-0.2, 0) is 0 Å². The highest BCUT2D eigenvalue weighted by molar-refractivity contribution is 7.09. The summed E-state index contributed by atoms with van der Waals surface area (Å²) >= 11 is 1.34. The van der Waals surface area contributed by atoms with Crippen LogP contribution in [0.1, 0.15) is 0 Å². The van der Waals surface area contributed by atoms with Gasteiger partial charge in [0, 0.05) is 24.6 Å². The summed E-state index contributed by atoms with van der Waals surface area (Å²) in [5, 5.41) is 3.90. The van der Waals surface area contributed by atoms with Gasteiger partial charge in [0.2, 0.25) is 5.13 Å². The summed E-state index contributed by atoms with van der Waals surface area (Å²) in [6, 6.07) is 0. The van der Waals surface area contributed by atoms with Crippen LogP contribution in [0.25, 0.3) is 0 Å². The van der Waals surface area contributed by atoms with Crippen molar-refractivity contribution in [3.8, 4) is 0 Å². The van der Waals surface area contributed by atoms with Gasteiger partial charge < -0.3 is 11.1 Å². The monoisotopic (exact) mass is 170 g/mol. The Morgan fingerprint density at radius 1 is 1.64 bits per heavy atom. The number of rotatable bonds is 4. The zero-order valence-corrected chi connectivity index (χ0v) is 6.84. The zero-order chi connectivity index (χ0) is 7.94. The van der Waals surface area contributed by atoms with E-state index in [9.17, 15) is 0 Å².